The zero-order valence-electron chi connectivity index (χ0n) is 22.2. The van der Waals surface area contributed by atoms with Gasteiger partial charge in [0.25, 0.3) is 5.91 Å². The first-order valence-corrected chi connectivity index (χ1v) is 13.2. The average Bonchev–Trinajstić information content (AvgIpc) is 3.28. The third kappa shape index (κ3) is 4.97. The van der Waals surface area contributed by atoms with Gasteiger partial charge in [-0.15, -0.1) is 0 Å². The summed E-state index contributed by atoms with van der Waals surface area (Å²) in [7, 11) is 0. The number of anilines is 1. The zero-order chi connectivity index (χ0) is 28.0. The molecule has 1 aromatic carbocycles. The van der Waals surface area contributed by atoms with Crippen LogP contribution >= 0.6 is 0 Å². The Morgan fingerprint density at radius 1 is 1.20 bits per heavy atom. The van der Waals surface area contributed by atoms with E-state index in [2.05, 4.69) is 21.4 Å². The van der Waals surface area contributed by atoms with Crippen LogP contribution in [0.15, 0.2) is 67.1 Å². The molecule has 1 unspecified atom stereocenters. The number of nitrogens with zero attached hydrogens (tertiary/aromatic N) is 5. The number of rotatable bonds is 8. The van der Waals surface area contributed by atoms with Crippen molar-refractivity contribution < 1.29 is 19.7 Å². The third-order valence-corrected chi connectivity index (χ3v) is 7.55. The summed E-state index contributed by atoms with van der Waals surface area (Å²) < 4.78 is 7.42. The Morgan fingerprint density at radius 2 is 1.95 bits per heavy atom. The number of carbonyl (C=O) groups excluding carboxylic acids is 1. The summed E-state index contributed by atoms with van der Waals surface area (Å²) in [5.74, 6) is 1.64. The van der Waals surface area contributed by atoms with Crippen LogP contribution in [0.4, 0.5) is 5.82 Å². The topological polar surface area (TPSA) is 136 Å². The van der Waals surface area contributed by atoms with Crippen LogP contribution in [0.25, 0.3) is 16.6 Å². The summed E-state index contributed by atoms with van der Waals surface area (Å²) in [5.41, 5.74) is 2.25. The highest BCUT2D eigenvalue weighted by molar-refractivity contribution is 5.85. The number of nitriles is 1. The van der Waals surface area contributed by atoms with Gasteiger partial charge in [0.05, 0.1) is 29.1 Å². The van der Waals surface area contributed by atoms with Crippen molar-refractivity contribution in [2.24, 2.45) is 11.8 Å². The summed E-state index contributed by atoms with van der Waals surface area (Å²) >= 11 is 0. The monoisotopic (exact) mass is 538 g/mol. The van der Waals surface area contributed by atoms with Gasteiger partial charge in [0, 0.05) is 48.3 Å². The number of ether oxygens (including phenoxy) is 1. The molecule has 3 aromatic heterocycles. The van der Waals surface area contributed by atoms with E-state index in [1.807, 2.05) is 24.3 Å². The van der Waals surface area contributed by atoms with E-state index >= 15 is 0 Å². The first-order valence-electron chi connectivity index (χ1n) is 13.2. The molecule has 10 nitrogen and oxygen atoms in total. The van der Waals surface area contributed by atoms with Crippen LogP contribution in [0.5, 0.6) is 5.75 Å². The molecule has 6 rings (SSSR count). The fourth-order valence-corrected chi connectivity index (χ4v) is 5.43. The molecule has 1 aliphatic carbocycles. The highest BCUT2D eigenvalue weighted by Gasteiger charge is 2.57. The standard InChI is InChI=1S/C30H30N6O4/c1-30(2,39)17-40-21-10-22(27-20(11-31)13-33-36(27)14-21)19-8-9-25(32-12-19)35-15-23-24(16-35)26(23)34-29(38)28(37)18-6-4-3-5-7-18/h3-10,12-14,23-24,26,28,37,39H,15-17H2,1-2H3,(H,34,38)/t23-,24+,26?,28-/m1/s1. The summed E-state index contributed by atoms with van der Waals surface area (Å²) in [6.07, 6.45) is 3.82. The number of fused-ring (bicyclic) bond motifs is 2. The Kier molecular flexibility index (Phi) is 6.41. The first kappa shape index (κ1) is 25.8. The lowest BCUT2D eigenvalue weighted by atomic mass is 10.1. The van der Waals surface area contributed by atoms with Crippen molar-refractivity contribution in [3.05, 3.63) is 78.2 Å². The molecule has 4 aromatic rings. The van der Waals surface area contributed by atoms with Crippen molar-refractivity contribution in [3.63, 3.8) is 0 Å². The second-order valence-electron chi connectivity index (χ2n) is 11.1. The van der Waals surface area contributed by atoms with E-state index in [-0.39, 0.29) is 18.6 Å². The highest BCUT2D eigenvalue weighted by atomic mass is 16.5. The number of pyridine rings is 2. The molecule has 4 heterocycles. The number of hydrogen-bond donors (Lipinski definition) is 3. The van der Waals surface area contributed by atoms with Crippen LogP contribution < -0.4 is 15.0 Å². The smallest absolute Gasteiger partial charge is 0.253 e. The first-order chi connectivity index (χ1) is 19.2. The molecule has 0 bridgehead atoms. The molecule has 0 radical (unpaired) electrons. The number of nitrogens with one attached hydrogen (secondary N) is 1. The van der Waals surface area contributed by atoms with Crippen molar-refractivity contribution in [1.82, 2.24) is 19.9 Å². The second-order valence-corrected chi connectivity index (χ2v) is 11.1. The minimum atomic E-state index is -1.17. The Morgan fingerprint density at radius 3 is 2.60 bits per heavy atom. The quantitative estimate of drug-likeness (QED) is 0.312. The highest BCUT2D eigenvalue weighted by Crippen LogP contribution is 2.47. The van der Waals surface area contributed by atoms with Gasteiger partial charge in [-0.3, -0.25) is 4.79 Å². The number of amides is 1. The Bertz CT molecular complexity index is 1580. The summed E-state index contributed by atoms with van der Waals surface area (Å²) in [4.78, 5) is 19.5. The van der Waals surface area contributed by atoms with E-state index in [9.17, 15) is 20.3 Å². The number of carbonyl (C=O) groups is 1. The van der Waals surface area contributed by atoms with Gasteiger partial charge in [-0.25, -0.2) is 9.50 Å². The number of aromatic nitrogens is 3. The van der Waals surface area contributed by atoms with Crippen LogP contribution in [-0.4, -0.2) is 62.1 Å². The van der Waals surface area contributed by atoms with Gasteiger partial charge in [-0.05, 0) is 37.6 Å². The molecule has 1 aliphatic heterocycles. The van der Waals surface area contributed by atoms with Gasteiger partial charge < -0.3 is 25.2 Å². The molecule has 40 heavy (non-hydrogen) atoms. The van der Waals surface area contributed by atoms with Crippen molar-refractivity contribution in [3.8, 4) is 22.9 Å². The molecule has 2 fully saturated rings. The predicted molar refractivity (Wildman–Crippen MR) is 147 cm³/mol. The fraction of sp³-hybridized carbons (Fsp3) is 0.333. The average molecular weight is 539 g/mol. The van der Waals surface area contributed by atoms with Gasteiger partial charge in [-0.2, -0.15) is 10.4 Å². The summed E-state index contributed by atoms with van der Waals surface area (Å²) in [6.45, 7) is 4.99. The van der Waals surface area contributed by atoms with Crippen LogP contribution in [0.1, 0.15) is 31.1 Å². The SMILES string of the molecule is CC(C)(O)COc1cc(-c2ccc(N3C[C@@H]4C(NC(=O)[C@H](O)c5ccccc5)[C@@H]4C3)nc2)c2c(C#N)cnn2c1. The lowest BCUT2D eigenvalue weighted by Crippen LogP contribution is -2.37. The maximum atomic E-state index is 12.5. The van der Waals surface area contributed by atoms with E-state index < -0.39 is 11.7 Å². The molecule has 0 spiro atoms. The van der Waals surface area contributed by atoms with E-state index in [4.69, 9.17) is 9.72 Å². The van der Waals surface area contributed by atoms with Crippen LogP contribution in [0.3, 0.4) is 0 Å². The second kappa shape index (κ2) is 9.93. The molecular formula is C30H30N6O4. The van der Waals surface area contributed by atoms with Gasteiger partial charge >= 0.3 is 0 Å². The largest absolute Gasteiger partial charge is 0.489 e. The molecule has 1 amide bonds. The van der Waals surface area contributed by atoms with E-state index in [0.717, 1.165) is 30.0 Å². The van der Waals surface area contributed by atoms with Crippen molar-refractivity contribution in [2.75, 3.05) is 24.6 Å². The molecule has 2 aliphatic rings. The Hall–Kier alpha value is -4.46. The van der Waals surface area contributed by atoms with Crippen LogP contribution in [0, 0.1) is 23.2 Å². The van der Waals surface area contributed by atoms with E-state index in [1.165, 1.54) is 6.20 Å². The van der Waals surface area contributed by atoms with Crippen molar-refractivity contribution in [2.45, 2.75) is 31.6 Å². The van der Waals surface area contributed by atoms with E-state index in [1.54, 1.807) is 55.0 Å². The number of hydrogen-bond acceptors (Lipinski definition) is 8. The van der Waals surface area contributed by atoms with Crippen LogP contribution in [0.2, 0.25) is 0 Å². The van der Waals surface area contributed by atoms with Gasteiger partial charge in [0.1, 0.15) is 24.2 Å². The van der Waals surface area contributed by atoms with Gasteiger partial charge in [-0.1, -0.05) is 30.3 Å². The maximum Gasteiger partial charge on any atom is 0.253 e. The third-order valence-electron chi connectivity index (χ3n) is 7.55. The molecule has 1 saturated heterocycles. The number of benzene rings is 1. The Balaban J connectivity index is 1.14. The molecule has 204 valence electrons. The Labute approximate surface area is 231 Å². The molecule has 4 atom stereocenters. The predicted octanol–water partition coefficient (Wildman–Crippen LogP) is 2.70. The minimum absolute atomic E-state index is 0.0626. The minimum Gasteiger partial charge on any atom is -0.489 e. The fourth-order valence-electron chi connectivity index (χ4n) is 5.43. The summed E-state index contributed by atoms with van der Waals surface area (Å²) in [6, 6.07) is 17.0. The number of aliphatic hydroxyl groups is 2. The van der Waals surface area contributed by atoms with Gasteiger partial charge in [0.2, 0.25) is 0 Å². The molecule has 3 N–H and O–H groups in total. The molecule has 1 saturated carbocycles. The lowest BCUT2D eigenvalue weighted by molar-refractivity contribution is -0.129. The number of piperidine rings is 1. The lowest BCUT2D eigenvalue weighted by Gasteiger charge is -2.22. The van der Waals surface area contributed by atoms with Gasteiger partial charge in [0.15, 0.2) is 6.10 Å². The maximum absolute atomic E-state index is 12.5. The van der Waals surface area contributed by atoms with Crippen molar-refractivity contribution >= 4 is 17.2 Å². The van der Waals surface area contributed by atoms with E-state index in [0.29, 0.717) is 34.2 Å². The summed E-state index contributed by atoms with van der Waals surface area (Å²) in [5, 5.41) is 37.4. The van der Waals surface area contributed by atoms with Crippen molar-refractivity contribution in [1.29, 1.82) is 5.26 Å². The molecular weight excluding hydrogens is 508 g/mol. The van der Waals surface area contributed by atoms with Crippen LogP contribution in [-0.2, 0) is 4.79 Å². The number of aliphatic hydroxyl groups excluding tert-OH is 1. The molecule has 10 heteroatoms. The normalized spacial score (nSPS) is 20.6. The zero-order valence-corrected chi connectivity index (χ0v) is 22.2.